The zero-order chi connectivity index (χ0) is 16.4. The van der Waals surface area contributed by atoms with Crippen molar-refractivity contribution < 1.29 is 4.79 Å². The smallest absolute Gasteiger partial charge is 0.318 e. The SMILES string of the molecule is CC(C)c1nc2n(n1)CCCC2NC(=O)N1CCSCCC1C. The Balaban J connectivity index is 1.72. The van der Waals surface area contributed by atoms with Crippen molar-refractivity contribution in [1.82, 2.24) is 25.0 Å². The van der Waals surface area contributed by atoms with Crippen LogP contribution < -0.4 is 5.32 Å². The molecule has 2 aliphatic heterocycles. The van der Waals surface area contributed by atoms with Gasteiger partial charge in [-0.05, 0) is 31.9 Å². The molecule has 2 amide bonds. The predicted octanol–water partition coefficient (Wildman–Crippen LogP) is 2.77. The quantitative estimate of drug-likeness (QED) is 0.901. The second-order valence-corrected chi connectivity index (χ2v) is 8.02. The van der Waals surface area contributed by atoms with Crippen LogP contribution in [0.2, 0.25) is 0 Å². The molecule has 1 aromatic heterocycles. The van der Waals surface area contributed by atoms with Gasteiger partial charge in [-0.1, -0.05) is 13.8 Å². The average Bonchev–Trinajstić information content (AvgIpc) is 2.85. The molecule has 7 heteroatoms. The Morgan fingerprint density at radius 1 is 1.30 bits per heavy atom. The van der Waals surface area contributed by atoms with Crippen LogP contribution in [0.25, 0.3) is 0 Å². The number of hydrogen-bond acceptors (Lipinski definition) is 4. The van der Waals surface area contributed by atoms with E-state index >= 15 is 0 Å². The van der Waals surface area contributed by atoms with Gasteiger partial charge in [-0.2, -0.15) is 16.9 Å². The van der Waals surface area contributed by atoms with Gasteiger partial charge < -0.3 is 10.2 Å². The topological polar surface area (TPSA) is 63.1 Å². The Morgan fingerprint density at radius 2 is 2.13 bits per heavy atom. The van der Waals surface area contributed by atoms with E-state index in [0.717, 1.165) is 55.5 Å². The summed E-state index contributed by atoms with van der Waals surface area (Å²) in [6, 6.07) is 0.338. The average molecular weight is 337 g/mol. The summed E-state index contributed by atoms with van der Waals surface area (Å²) in [5.74, 6) is 4.27. The standard InChI is InChI=1S/C16H27N5OS/c1-11(2)14-18-15-13(5-4-7-21(15)19-14)17-16(22)20-8-10-23-9-6-12(20)3/h11-13H,4-10H2,1-3H3,(H,17,22). The minimum Gasteiger partial charge on any atom is -0.328 e. The lowest BCUT2D eigenvalue weighted by Crippen LogP contribution is -2.47. The number of aromatic nitrogens is 3. The van der Waals surface area contributed by atoms with Gasteiger partial charge in [-0.3, -0.25) is 0 Å². The Labute approximate surface area is 142 Å². The molecule has 0 spiro atoms. The molecule has 1 fully saturated rings. The molecule has 0 aliphatic carbocycles. The van der Waals surface area contributed by atoms with E-state index in [0.29, 0.717) is 12.0 Å². The van der Waals surface area contributed by atoms with E-state index in [1.54, 1.807) is 0 Å². The van der Waals surface area contributed by atoms with Gasteiger partial charge in [0.05, 0.1) is 6.04 Å². The summed E-state index contributed by atoms with van der Waals surface area (Å²) in [5.41, 5.74) is 0. The fraction of sp³-hybridized carbons (Fsp3) is 0.812. The van der Waals surface area contributed by atoms with Gasteiger partial charge in [0.15, 0.2) is 5.82 Å². The normalized spacial score (nSPS) is 25.1. The van der Waals surface area contributed by atoms with E-state index in [2.05, 4.69) is 36.2 Å². The number of fused-ring (bicyclic) bond motifs is 1. The maximum absolute atomic E-state index is 12.7. The van der Waals surface area contributed by atoms with Gasteiger partial charge in [-0.25, -0.2) is 14.5 Å². The number of hydrogen-bond donors (Lipinski definition) is 1. The number of nitrogens with one attached hydrogen (secondary N) is 1. The van der Waals surface area contributed by atoms with Gasteiger partial charge in [0.1, 0.15) is 5.82 Å². The maximum Gasteiger partial charge on any atom is 0.318 e. The first-order valence-electron chi connectivity index (χ1n) is 8.65. The lowest BCUT2D eigenvalue weighted by Gasteiger charge is -2.30. The van der Waals surface area contributed by atoms with Gasteiger partial charge in [0, 0.05) is 30.8 Å². The maximum atomic E-state index is 12.7. The number of carbonyl (C=O) groups excluding carboxylic acids is 1. The van der Waals surface area contributed by atoms with Gasteiger partial charge in [-0.15, -0.1) is 0 Å². The van der Waals surface area contributed by atoms with Crippen molar-refractivity contribution in [3.05, 3.63) is 11.6 Å². The first-order valence-corrected chi connectivity index (χ1v) is 9.81. The molecule has 1 aromatic rings. The fourth-order valence-electron chi connectivity index (χ4n) is 3.18. The second kappa shape index (κ2) is 7.11. The van der Waals surface area contributed by atoms with Crippen molar-refractivity contribution in [2.45, 2.75) is 64.6 Å². The van der Waals surface area contributed by atoms with Gasteiger partial charge >= 0.3 is 6.03 Å². The highest BCUT2D eigenvalue weighted by atomic mass is 32.2. The van der Waals surface area contributed by atoms with E-state index < -0.39 is 0 Å². The molecule has 3 heterocycles. The molecule has 0 aromatic carbocycles. The number of nitrogens with zero attached hydrogens (tertiary/aromatic N) is 4. The van der Waals surface area contributed by atoms with Crippen molar-refractivity contribution in [3.8, 4) is 0 Å². The molecule has 1 saturated heterocycles. The van der Waals surface area contributed by atoms with Crippen LogP contribution in [0.1, 0.15) is 63.6 Å². The molecule has 0 bridgehead atoms. The summed E-state index contributed by atoms with van der Waals surface area (Å²) in [6.07, 6.45) is 3.04. The molecule has 2 atom stereocenters. The zero-order valence-corrected chi connectivity index (χ0v) is 15.1. The fourth-order valence-corrected chi connectivity index (χ4v) is 4.22. The summed E-state index contributed by atoms with van der Waals surface area (Å²) in [5, 5.41) is 7.80. The van der Waals surface area contributed by atoms with Crippen LogP contribution >= 0.6 is 11.8 Å². The third-order valence-corrected chi connectivity index (χ3v) is 5.65. The number of rotatable bonds is 2. The van der Waals surface area contributed by atoms with E-state index in [9.17, 15) is 4.79 Å². The summed E-state index contributed by atoms with van der Waals surface area (Å²) in [4.78, 5) is 19.4. The Kier molecular flexibility index (Phi) is 5.14. The first kappa shape index (κ1) is 16.6. The Bertz CT molecular complexity index is 559. The summed E-state index contributed by atoms with van der Waals surface area (Å²) in [6.45, 7) is 8.08. The molecule has 0 saturated carbocycles. The number of thioether (sulfide) groups is 1. The van der Waals surface area contributed by atoms with Crippen LogP contribution in [-0.2, 0) is 6.54 Å². The number of amides is 2. The van der Waals surface area contributed by atoms with E-state index in [1.165, 1.54) is 0 Å². The highest BCUT2D eigenvalue weighted by Gasteiger charge is 2.29. The number of urea groups is 1. The molecule has 1 N–H and O–H groups in total. The van der Waals surface area contributed by atoms with Crippen molar-refractivity contribution in [2.24, 2.45) is 0 Å². The monoisotopic (exact) mass is 337 g/mol. The molecular weight excluding hydrogens is 310 g/mol. The number of carbonyl (C=O) groups is 1. The van der Waals surface area contributed by atoms with Crippen LogP contribution in [0.4, 0.5) is 4.79 Å². The molecule has 0 radical (unpaired) electrons. The van der Waals surface area contributed by atoms with Crippen molar-refractivity contribution >= 4 is 17.8 Å². The van der Waals surface area contributed by atoms with E-state index in [4.69, 9.17) is 0 Å². The molecular formula is C16H27N5OS. The minimum atomic E-state index is -0.0145. The number of aryl methyl sites for hydroxylation is 1. The zero-order valence-electron chi connectivity index (χ0n) is 14.3. The van der Waals surface area contributed by atoms with Gasteiger partial charge in [0.25, 0.3) is 0 Å². The van der Waals surface area contributed by atoms with Gasteiger partial charge in [0.2, 0.25) is 0 Å². The summed E-state index contributed by atoms with van der Waals surface area (Å²) >= 11 is 1.93. The Morgan fingerprint density at radius 3 is 2.91 bits per heavy atom. The van der Waals surface area contributed by atoms with Crippen molar-refractivity contribution in [3.63, 3.8) is 0 Å². The van der Waals surface area contributed by atoms with Crippen LogP contribution in [0.15, 0.2) is 0 Å². The third-order valence-electron chi connectivity index (χ3n) is 4.65. The highest BCUT2D eigenvalue weighted by Crippen LogP contribution is 2.25. The Hall–Kier alpha value is -1.24. The van der Waals surface area contributed by atoms with Crippen LogP contribution in [0, 0.1) is 0 Å². The van der Waals surface area contributed by atoms with Crippen LogP contribution in [-0.4, -0.2) is 49.8 Å². The lowest BCUT2D eigenvalue weighted by atomic mass is 10.1. The largest absolute Gasteiger partial charge is 0.328 e. The van der Waals surface area contributed by atoms with Crippen LogP contribution in [0.5, 0.6) is 0 Å². The van der Waals surface area contributed by atoms with Crippen LogP contribution in [0.3, 0.4) is 0 Å². The molecule has 3 rings (SSSR count). The van der Waals surface area contributed by atoms with Crippen molar-refractivity contribution in [2.75, 3.05) is 18.1 Å². The highest BCUT2D eigenvalue weighted by molar-refractivity contribution is 7.99. The second-order valence-electron chi connectivity index (χ2n) is 6.79. The molecule has 23 heavy (non-hydrogen) atoms. The third kappa shape index (κ3) is 3.65. The van der Waals surface area contributed by atoms with E-state index in [1.807, 2.05) is 21.3 Å². The molecule has 6 nitrogen and oxygen atoms in total. The molecule has 2 unspecified atom stereocenters. The molecule has 2 aliphatic rings. The predicted molar refractivity (Wildman–Crippen MR) is 92.7 cm³/mol. The van der Waals surface area contributed by atoms with Crippen molar-refractivity contribution in [1.29, 1.82) is 0 Å². The lowest BCUT2D eigenvalue weighted by molar-refractivity contribution is 0.176. The summed E-state index contributed by atoms with van der Waals surface area (Å²) in [7, 11) is 0. The van der Waals surface area contributed by atoms with E-state index in [-0.39, 0.29) is 12.1 Å². The minimum absolute atomic E-state index is 0.0145. The molecule has 128 valence electrons. The summed E-state index contributed by atoms with van der Waals surface area (Å²) < 4.78 is 1.98. The first-order chi connectivity index (χ1) is 11.1.